The molecule has 0 aliphatic carbocycles. The third-order valence-corrected chi connectivity index (χ3v) is 6.90. The summed E-state index contributed by atoms with van der Waals surface area (Å²) in [7, 11) is -1.21. The van der Waals surface area contributed by atoms with Gasteiger partial charge in [0.15, 0.2) is 15.8 Å². The van der Waals surface area contributed by atoms with Gasteiger partial charge in [-0.2, -0.15) is 0 Å². The predicted molar refractivity (Wildman–Crippen MR) is 125 cm³/mol. The number of aliphatic imine (C=N–C) groups is 1. The standard InChI is InChI=1S/C19H30N4O3S.HI/c1-3-20-19(22-16-8-10-27(24,25)14-16)21-12-15-7-9-23(13-15)17-5-4-6-18(11-17)26-2;/h4-6,11,15-16H,3,7-10,12-14H2,1-2H3,(H2,20,21,22);1H. The molecule has 28 heavy (non-hydrogen) atoms. The van der Waals surface area contributed by atoms with Gasteiger partial charge in [0.25, 0.3) is 0 Å². The van der Waals surface area contributed by atoms with Crippen LogP contribution in [0.3, 0.4) is 0 Å². The number of hydrogen-bond acceptors (Lipinski definition) is 5. The molecule has 2 heterocycles. The minimum atomic E-state index is -2.89. The van der Waals surface area contributed by atoms with Crippen LogP contribution in [0.15, 0.2) is 29.3 Å². The molecule has 0 saturated carbocycles. The number of nitrogens with zero attached hydrogens (tertiary/aromatic N) is 2. The topological polar surface area (TPSA) is 83.0 Å². The van der Waals surface area contributed by atoms with Crippen molar-refractivity contribution in [3.05, 3.63) is 24.3 Å². The molecule has 7 nitrogen and oxygen atoms in total. The van der Waals surface area contributed by atoms with Crippen LogP contribution in [0.2, 0.25) is 0 Å². The minimum absolute atomic E-state index is 0. The Morgan fingerprint density at radius 3 is 2.86 bits per heavy atom. The molecule has 2 fully saturated rings. The zero-order chi connectivity index (χ0) is 19.3. The lowest BCUT2D eigenvalue weighted by atomic mass is 10.1. The summed E-state index contributed by atoms with van der Waals surface area (Å²) in [5.41, 5.74) is 1.18. The summed E-state index contributed by atoms with van der Waals surface area (Å²) in [6.45, 7) is 5.48. The van der Waals surface area contributed by atoms with E-state index >= 15 is 0 Å². The van der Waals surface area contributed by atoms with Gasteiger partial charge in [0.05, 0.1) is 18.6 Å². The van der Waals surface area contributed by atoms with Gasteiger partial charge in [-0.3, -0.25) is 4.99 Å². The van der Waals surface area contributed by atoms with Crippen molar-refractivity contribution in [1.29, 1.82) is 0 Å². The summed E-state index contributed by atoms with van der Waals surface area (Å²) in [6.07, 6.45) is 1.75. The number of methoxy groups -OCH3 is 1. The highest BCUT2D eigenvalue weighted by Crippen LogP contribution is 2.27. The molecule has 2 atom stereocenters. The van der Waals surface area contributed by atoms with E-state index < -0.39 is 9.84 Å². The van der Waals surface area contributed by atoms with Crippen molar-refractivity contribution in [2.75, 3.05) is 49.7 Å². The molecule has 158 valence electrons. The summed E-state index contributed by atoms with van der Waals surface area (Å²) in [5, 5.41) is 6.52. The molecule has 0 bridgehead atoms. The van der Waals surface area contributed by atoms with Crippen LogP contribution < -0.4 is 20.3 Å². The van der Waals surface area contributed by atoms with E-state index in [1.165, 1.54) is 5.69 Å². The summed E-state index contributed by atoms with van der Waals surface area (Å²) in [4.78, 5) is 7.08. The summed E-state index contributed by atoms with van der Waals surface area (Å²) in [5.74, 6) is 2.55. The number of ether oxygens (including phenoxy) is 1. The van der Waals surface area contributed by atoms with Crippen LogP contribution in [-0.4, -0.2) is 65.2 Å². The molecular weight excluding hydrogens is 491 g/mol. The zero-order valence-electron chi connectivity index (χ0n) is 16.6. The largest absolute Gasteiger partial charge is 0.497 e. The average Bonchev–Trinajstić information content (AvgIpc) is 3.26. The third-order valence-electron chi connectivity index (χ3n) is 5.13. The van der Waals surface area contributed by atoms with E-state index in [9.17, 15) is 8.42 Å². The van der Waals surface area contributed by atoms with Crippen LogP contribution >= 0.6 is 24.0 Å². The normalized spacial score (nSPS) is 23.9. The third kappa shape index (κ3) is 6.40. The van der Waals surface area contributed by atoms with E-state index in [1.807, 2.05) is 19.1 Å². The lowest BCUT2D eigenvalue weighted by Crippen LogP contribution is -2.44. The quantitative estimate of drug-likeness (QED) is 0.338. The van der Waals surface area contributed by atoms with Gasteiger partial charge in [0, 0.05) is 44.0 Å². The second-order valence-electron chi connectivity index (χ2n) is 7.27. The van der Waals surface area contributed by atoms with Crippen LogP contribution in [0.1, 0.15) is 19.8 Å². The van der Waals surface area contributed by atoms with Crippen molar-refractivity contribution < 1.29 is 13.2 Å². The molecule has 2 aliphatic heterocycles. The van der Waals surface area contributed by atoms with E-state index in [4.69, 9.17) is 9.73 Å². The Kier molecular flexibility index (Phi) is 8.66. The van der Waals surface area contributed by atoms with Gasteiger partial charge in [-0.05, 0) is 37.8 Å². The number of guanidine groups is 1. The Balaban J connectivity index is 0.00000280. The smallest absolute Gasteiger partial charge is 0.191 e. The second-order valence-corrected chi connectivity index (χ2v) is 9.49. The molecular formula is C19H31IN4O3S. The Bertz CT molecular complexity index is 772. The summed E-state index contributed by atoms with van der Waals surface area (Å²) in [6, 6.07) is 8.11. The van der Waals surface area contributed by atoms with E-state index in [2.05, 4.69) is 27.7 Å². The summed E-state index contributed by atoms with van der Waals surface area (Å²) >= 11 is 0. The van der Waals surface area contributed by atoms with Crippen molar-refractivity contribution in [1.82, 2.24) is 10.6 Å². The highest BCUT2D eigenvalue weighted by molar-refractivity contribution is 14.0. The van der Waals surface area contributed by atoms with Crippen molar-refractivity contribution in [3.8, 4) is 5.75 Å². The second kappa shape index (κ2) is 10.5. The molecule has 0 radical (unpaired) electrons. The van der Waals surface area contributed by atoms with Crippen molar-refractivity contribution in [2.24, 2.45) is 10.9 Å². The van der Waals surface area contributed by atoms with Crippen LogP contribution in [0, 0.1) is 5.92 Å². The van der Waals surface area contributed by atoms with E-state index in [0.29, 0.717) is 12.3 Å². The number of anilines is 1. The van der Waals surface area contributed by atoms with Gasteiger partial charge in [0.1, 0.15) is 5.75 Å². The number of halogens is 1. The number of benzene rings is 1. The van der Waals surface area contributed by atoms with Crippen LogP contribution in [0.5, 0.6) is 5.75 Å². The van der Waals surface area contributed by atoms with Gasteiger partial charge < -0.3 is 20.3 Å². The molecule has 0 aromatic heterocycles. The first kappa shape index (κ1) is 23.1. The Morgan fingerprint density at radius 1 is 1.36 bits per heavy atom. The van der Waals surface area contributed by atoms with Crippen LogP contribution in [-0.2, 0) is 9.84 Å². The fourth-order valence-corrected chi connectivity index (χ4v) is 5.34. The molecule has 9 heteroatoms. The lowest BCUT2D eigenvalue weighted by Gasteiger charge is -2.19. The van der Waals surface area contributed by atoms with Crippen LogP contribution in [0.4, 0.5) is 5.69 Å². The van der Waals surface area contributed by atoms with Crippen molar-refractivity contribution >= 4 is 45.5 Å². The molecule has 1 aromatic carbocycles. The Morgan fingerprint density at radius 2 is 2.18 bits per heavy atom. The van der Waals surface area contributed by atoms with Crippen LogP contribution in [0.25, 0.3) is 0 Å². The molecule has 0 amide bonds. The predicted octanol–water partition coefficient (Wildman–Crippen LogP) is 1.88. The number of sulfone groups is 1. The molecule has 3 rings (SSSR count). The first-order valence-electron chi connectivity index (χ1n) is 9.63. The van der Waals surface area contributed by atoms with E-state index in [-0.39, 0.29) is 41.5 Å². The number of rotatable bonds is 6. The number of nitrogens with one attached hydrogen (secondary N) is 2. The highest BCUT2D eigenvalue weighted by atomic mass is 127. The van der Waals surface area contributed by atoms with E-state index in [1.54, 1.807) is 7.11 Å². The first-order chi connectivity index (χ1) is 13.0. The maximum atomic E-state index is 11.6. The van der Waals surface area contributed by atoms with Gasteiger partial charge in [-0.25, -0.2) is 8.42 Å². The zero-order valence-corrected chi connectivity index (χ0v) is 19.7. The van der Waals surface area contributed by atoms with Crippen molar-refractivity contribution in [2.45, 2.75) is 25.8 Å². The van der Waals surface area contributed by atoms with E-state index in [0.717, 1.165) is 44.3 Å². The summed E-state index contributed by atoms with van der Waals surface area (Å²) < 4.78 is 28.6. The molecule has 2 saturated heterocycles. The van der Waals surface area contributed by atoms with Gasteiger partial charge in [-0.1, -0.05) is 6.07 Å². The Hall–Kier alpha value is -1.23. The fraction of sp³-hybridized carbons (Fsp3) is 0.632. The Labute approximate surface area is 185 Å². The molecule has 2 aliphatic rings. The SMILES string of the molecule is CCNC(=NCC1CCN(c2cccc(OC)c2)C1)NC1CCS(=O)(=O)C1.I. The monoisotopic (exact) mass is 522 g/mol. The molecule has 2 N–H and O–H groups in total. The highest BCUT2D eigenvalue weighted by Gasteiger charge is 2.28. The first-order valence-corrected chi connectivity index (χ1v) is 11.5. The van der Waals surface area contributed by atoms with Gasteiger partial charge >= 0.3 is 0 Å². The van der Waals surface area contributed by atoms with Crippen molar-refractivity contribution in [3.63, 3.8) is 0 Å². The maximum Gasteiger partial charge on any atom is 0.191 e. The molecule has 1 aromatic rings. The van der Waals surface area contributed by atoms with Gasteiger partial charge in [-0.15, -0.1) is 24.0 Å². The molecule has 2 unspecified atom stereocenters. The number of hydrogen-bond donors (Lipinski definition) is 2. The minimum Gasteiger partial charge on any atom is -0.497 e. The lowest BCUT2D eigenvalue weighted by molar-refractivity contribution is 0.415. The van der Waals surface area contributed by atoms with Gasteiger partial charge in [0.2, 0.25) is 0 Å². The molecule has 0 spiro atoms. The fourth-order valence-electron chi connectivity index (χ4n) is 3.67. The maximum absolute atomic E-state index is 11.6. The average molecular weight is 522 g/mol.